The standard InChI is InChI=1S/C14H14N2O4S/c1-9(11-3-2-6-20-11)16-12(17)8-21-13-7-10(14(18)19)4-5-15-13/h2-7,9H,8H2,1H3,(H,16,17)(H,18,19). The third kappa shape index (κ3) is 4.35. The maximum atomic E-state index is 11.8. The SMILES string of the molecule is CC(NC(=O)CSc1cc(C(=O)O)ccn1)c1ccco1. The second-order valence-corrected chi connectivity index (χ2v) is 5.28. The van der Waals surface area contributed by atoms with Crippen LogP contribution in [0.5, 0.6) is 0 Å². The van der Waals surface area contributed by atoms with Gasteiger partial charge in [-0.3, -0.25) is 4.79 Å². The van der Waals surface area contributed by atoms with E-state index in [0.717, 1.165) is 0 Å². The van der Waals surface area contributed by atoms with Crippen molar-refractivity contribution in [3.8, 4) is 0 Å². The Labute approximate surface area is 125 Å². The van der Waals surface area contributed by atoms with E-state index in [1.54, 1.807) is 18.4 Å². The number of aromatic nitrogens is 1. The van der Waals surface area contributed by atoms with Gasteiger partial charge < -0.3 is 14.8 Å². The van der Waals surface area contributed by atoms with Gasteiger partial charge in [-0.15, -0.1) is 0 Å². The topological polar surface area (TPSA) is 92.4 Å². The minimum absolute atomic E-state index is 0.150. The van der Waals surface area contributed by atoms with Crippen LogP contribution >= 0.6 is 11.8 Å². The van der Waals surface area contributed by atoms with Gasteiger partial charge in [0, 0.05) is 6.20 Å². The zero-order valence-corrected chi connectivity index (χ0v) is 12.1. The first-order valence-electron chi connectivity index (χ1n) is 6.21. The van der Waals surface area contributed by atoms with Crippen molar-refractivity contribution in [2.45, 2.75) is 18.0 Å². The molecule has 21 heavy (non-hydrogen) atoms. The maximum Gasteiger partial charge on any atom is 0.335 e. The smallest absolute Gasteiger partial charge is 0.335 e. The summed E-state index contributed by atoms with van der Waals surface area (Å²) in [6.45, 7) is 1.82. The Morgan fingerprint density at radius 2 is 2.29 bits per heavy atom. The van der Waals surface area contributed by atoms with Crippen molar-refractivity contribution in [2.24, 2.45) is 0 Å². The Hall–Kier alpha value is -2.28. The van der Waals surface area contributed by atoms with Crippen molar-refractivity contribution < 1.29 is 19.1 Å². The molecule has 0 aliphatic heterocycles. The summed E-state index contributed by atoms with van der Waals surface area (Å²) in [4.78, 5) is 26.7. The quantitative estimate of drug-likeness (QED) is 0.796. The molecule has 2 heterocycles. The molecular formula is C14H14N2O4S. The summed E-state index contributed by atoms with van der Waals surface area (Å²) in [6, 6.07) is 6.18. The molecule has 2 N–H and O–H groups in total. The highest BCUT2D eigenvalue weighted by Gasteiger charge is 2.12. The van der Waals surface area contributed by atoms with Gasteiger partial charge in [-0.2, -0.15) is 0 Å². The molecule has 2 aromatic heterocycles. The first kappa shape index (κ1) is 15.1. The normalized spacial score (nSPS) is 11.9. The number of carboxylic acid groups (broad SMARTS) is 1. The number of hydrogen-bond donors (Lipinski definition) is 2. The van der Waals surface area contributed by atoms with Crippen LogP contribution < -0.4 is 5.32 Å². The molecular weight excluding hydrogens is 292 g/mol. The third-order valence-electron chi connectivity index (χ3n) is 2.68. The average Bonchev–Trinajstić information content (AvgIpc) is 2.99. The van der Waals surface area contributed by atoms with Gasteiger partial charge in [0.2, 0.25) is 5.91 Å². The number of carbonyl (C=O) groups is 2. The number of pyridine rings is 1. The zero-order chi connectivity index (χ0) is 15.2. The third-order valence-corrected chi connectivity index (χ3v) is 3.61. The number of aromatic carboxylic acids is 1. The fourth-order valence-corrected chi connectivity index (χ4v) is 2.36. The van der Waals surface area contributed by atoms with Gasteiger partial charge >= 0.3 is 5.97 Å². The summed E-state index contributed by atoms with van der Waals surface area (Å²) in [7, 11) is 0. The largest absolute Gasteiger partial charge is 0.478 e. The summed E-state index contributed by atoms with van der Waals surface area (Å²) in [5.41, 5.74) is 0.150. The van der Waals surface area contributed by atoms with Crippen LogP contribution in [0.25, 0.3) is 0 Å². The molecule has 7 heteroatoms. The van der Waals surface area contributed by atoms with Crippen LogP contribution in [0, 0.1) is 0 Å². The minimum Gasteiger partial charge on any atom is -0.478 e. The molecule has 0 fully saturated rings. The van der Waals surface area contributed by atoms with Gasteiger partial charge in [0.05, 0.1) is 28.6 Å². The Bertz CT molecular complexity index is 628. The Morgan fingerprint density at radius 3 is 2.95 bits per heavy atom. The highest BCUT2D eigenvalue weighted by molar-refractivity contribution is 7.99. The number of carboxylic acids is 1. The van der Waals surface area contributed by atoms with E-state index in [0.29, 0.717) is 10.8 Å². The zero-order valence-electron chi connectivity index (χ0n) is 11.3. The lowest BCUT2D eigenvalue weighted by Gasteiger charge is -2.11. The van der Waals surface area contributed by atoms with Gasteiger partial charge in [-0.25, -0.2) is 9.78 Å². The molecule has 0 aliphatic rings. The lowest BCUT2D eigenvalue weighted by Crippen LogP contribution is -2.27. The van der Waals surface area contributed by atoms with E-state index in [-0.39, 0.29) is 23.3 Å². The molecule has 6 nitrogen and oxygen atoms in total. The highest BCUT2D eigenvalue weighted by Crippen LogP contribution is 2.17. The van der Waals surface area contributed by atoms with E-state index < -0.39 is 5.97 Å². The van der Waals surface area contributed by atoms with Crippen molar-refractivity contribution in [3.05, 3.63) is 48.0 Å². The summed E-state index contributed by atoms with van der Waals surface area (Å²) in [5.74, 6) is -0.359. The van der Waals surface area contributed by atoms with Gasteiger partial charge in [0.25, 0.3) is 0 Å². The highest BCUT2D eigenvalue weighted by atomic mass is 32.2. The number of furan rings is 1. The molecule has 1 unspecified atom stereocenters. The molecule has 0 aromatic carbocycles. The van der Waals surface area contributed by atoms with Gasteiger partial charge in [-0.1, -0.05) is 11.8 Å². The number of carbonyl (C=O) groups excluding carboxylic acids is 1. The lowest BCUT2D eigenvalue weighted by molar-refractivity contribution is -0.119. The minimum atomic E-state index is -1.02. The molecule has 1 atom stereocenters. The first-order valence-corrected chi connectivity index (χ1v) is 7.19. The van der Waals surface area contributed by atoms with Gasteiger partial charge in [0.15, 0.2) is 0 Å². The van der Waals surface area contributed by atoms with Crippen LogP contribution in [0.1, 0.15) is 29.1 Å². The second kappa shape index (κ2) is 6.94. The Kier molecular flexibility index (Phi) is 4.99. The molecule has 2 aromatic rings. The predicted molar refractivity (Wildman–Crippen MR) is 77.2 cm³/mol. The Balaban J connectivity index is 1.86. The summed E-state index contributed by atoms with van der Waals surface area (Å²) < 4.78 is 5.20. The number of amides is 1. The fraction of sp³-hybridized carbons (Fsp3) is 0.214. The molecule has 0 bridgehead atoms. The van der Waals surface area contributed by atoms with Gasteiger partial charge in [0.1, 0.15) is 5.76 Å². The van der Waals surface area contributed by atoms with Crippen LogP contribution in [-0.4, -0.2) is 27.7 Å². The number of nitrogens with zero attached hydrogens (tertiary/aromatic N) is 1. The number of thioether (sulfide) groups is 1. The monoisotopic (exact) mass is 306 g/mol. The van der Waals surface area contributed by atoms with Crippen molar-refractivity contribution in [2.75, 3.05) is 5.75 Å². The van der Waals surface area contributed by atoms with E-state index in [2.05, 4.69) is 10.3 Å². The molecule has 0 spiro atoms. The first-order chi connectivity index (χ1) is 10.1. The summed E-state index contributed by atoms with van der Waals surface area (Å²) in [5, 5.41) is 12.2. The lowest BCUT2D eigenvalue weighted by atomic mass is 10.2. The molecule has 0 saturated carbocycles. The molecule has 0 radical (unpaired) electrons. The number of nitrogens with one attached hydrogen (secondary N) is 1. The molecule has 0 saturated heterocycles. The molecule has 110 valence electrons. The molecule has 0 aliphatic carbocycles. The van der Waals surface area contributed by atoms with Crippen LogP contribution in [0.4, 0.5) is 0 Å². The van der Waals surface area contributed by atoms with Crippen LogP contribution in [-0.2, 0) is 4.79 Å². The number of rotatable bonds is 6. The van der Waals surface area contributed by atoms with E-state index in [1.807, 2.05) is 6.92 Å². The van der Waals surface area contributed by atoms with E-state index in [1.165, 1.54) is 30.1 Å². The van der Waals surface area contributed by atoms with Crippen molar-refractivity contribution in [1.82, 2.24) is 10.3 Å². The Morgan fingerprint density at radius 1 is 1.48 bits per heavy atom. The molecule has 2 rings (SSSR count). The number of hydrogen-bond acceptors (Lipinski definition) is 5. The fourth-order valence-electron chi connectivity index (χ4n) is 1.65. The van der Waals surface area contributed by atoms with Gasteiger partial charge in [-0.05, 0) is 31.2 Å². The average molecular weight is 306 g/mol. The van der Waals surface area contributed by atoms with Crippen LogP contribution in [0.3, 0.4) is 0 Å². The van der Waals surface area contributed by atoms with E-state index in [9.17, 15) is 9.59 Å². The van der Waals surface area contributed by atoms with Crippen molar-refractivity contribution >= 4 is 23.6 Å². The second-order valence-electron chi connectivity index (χ2n) is 4.28. The van der Waals surface area contributed by atoms with Crippen molar-refractivity contribution in [3.63, 3.8) is 0 Å². The molecule has 1 amide bonds. The maximum absolute atomic E-state index is 11.8. The van der Waals surface area contributed by atoms with Crippen LogP contribution in [0.2, 0.25) is 0 Å². The van der Waals surface area contributed by atoms with Crippen LogP contribution in [0.15, 0.2) is 46.2 Å². The van der Waals surface area contributed by atoms with E-state index in [4.69, 9.17) is 9.52 Å². The van der Waals surface area contributed by atoms with Crippen molar-refractivity contribution in [1.29, 1.82) is 0 Å². The summed E-state index contributed by atoms with van der Waals surface area (Å²) in [6.07, 6.45) is 2.96. The predicted octanol–water partition coefficient (Wildman–Crippen LogP) is 2.34. The summed E-state index contributed by atoms with van der Waals surface area (Å²) >= 11 is 1.18. The van der Waals surface area contributed by atoms with E-state index >= 15 is 0 Å².